The second-order valence-electron chi connectivity index (χ2n) is 5.94. The Labute approximate surface area is 152 Å². The highest BCUT2D eigenvalue weighted by molar-refractivity contribution is 7.09. The third kappa shape index (κ3) is 6.03. The van der Waals surface area contributed by atoms with E-state index in [9.17, 15) is 4.79 Å². The van der Waals surface area contributed by atoms with Gasteiger partial charge in [-0.2, -0.15) is 0 Å². The summed E-state index contributed by atoms with van der Waals surface area (Å²) in [4.78, 5) is 18.6. The van der Waals surface area contributed by atoms with E-state index in [2.05, 4.69) is 15.2 Å². The summed E-state index contributed by atoms with van der Waals surface area (Å²) in [6.07, 6.45) is 1.05. The number of rotatable bonds is 9. The lowest BCUT2D eigenvalue weighted by atomic mass is 10.1. The highest BCUT2D eigenvalue weighted by Gasteiger charge is 2.09. The monoisotopic (exact) mass is 363 g/mol. The van der Waals surface area contributed by atoms with Gasteiger partial charge in [-0.15, -0.1) is 11.3 Å². The van der Waals surface area contributed by atoms with Crippen LogP contribution in [0.2, 0.25) is 0 Å². The third-order valence-corrected chi connectivity index (χ3v) is 4.46. The third-order valence-electron chi connectivity index (χ3n) is 3.58. The Morgan fingerprint density at radius 2 is 2.00 bits per heavy atom. The van der Waals surface area contributed by atoms with Gasteiger partial charge in [0, 0.05) is 18.5 Å². The summed E-state index contributed by atoms with van der Waals surface area (Å²) in [5, 5.41) is 5.92. The second kappa shape index (κ2) is 9.39. The highest BCUT2D eigenvalue weighted by atomic mass is 32.1. The number of hydrogen-bond donors (Lipinski definition) is 1. The van der Waals surface area contributed by atoms with Crippen molar-refractivity contribution >= 4 is 17.2 Å². The Morgan fingerprint density at radius 1 is 1.24 bits per heavy atom. The Hall–Kier alpha value is -2.12. The number of thiazole rings is 1. The van der Waals surface area contributed by atoms with E-state index >= 15 is 0 Å². The number of carbonyl (C=O) groups is 1. The zero-order chi connectivity index (χ0) is 18.2. The molecule has 6 nitrogen and oxygen atoms in total. The zero-order valence-electron chi connectivity index (χ0n) is 15.2. The molecule has 0 fully saturated rings. The van der Waals surface area contributed by atoms with Crippen LogP contribution in [0.25, 0.3) is 0 Å². The minimum atomic E-state index is -0.0119. The quantitative estimate of drug-likeness (QED) is 0.739. The van der Waals surface area contributed by atoms with Crippen molar-refractivity contribution in [3.05, 3.63) is 39.8 Å². The Morgan fingerprint density at radius 3 is 2.68 bits per heavy atom. The normalized spacial score (nSPS) is 10.8. The molecule has 0 aliphatic carbocycles. The predicted octanol–water partition coefficient (Wildman–Crippen LogP) is 2.12. The first-order valence-corrected chi connectivity index (χ1v) is 8.95. The number of nitrogens with zero attached hydrogens (tertiary/aromatic N) is 2. The van der Waals surface area contributed by atoms with Crippen molar-refractivity contribution in [1.82, 2.24) is 15.2 Å². The molecule has 2 rings (SSSR count). The number of hydrogen-bond acceptors (Lipinski definition) is 6. The first-order valence-electron chi connectivity index (χ1n) is 8.07. The Balaban J connectivity index is 1.79. The summed E-state index contributed by atoms with van der Waals surface area (Å²) in [6, 6.07) is 5.78. The van der Waals surface area contributed by atoms with Gasteiger partial charge in [-0.25, -0.2) is 4.98 Å². The van der Waals surface area contributed by atoms with Crippen LogP contribution in [-0.4, -0.2) is 50.7 Å². The van der Waals surface area contributed by atoms with E-state index in [1.807, 2.05) is 37.7 Å². The number of amides is 1. The second-order valence-corrected chi connectivity index (χ2v) is 6.88. The predicted molar refractivity (Wildman–Crippen MR) is 99.5 cm³/mol. The van der Waals surface area contributed by atoms with Crippen molar-refractivity contribution < 1.29 is 14.3 Å². The molecule has 1 amide bonds. The molecule has 0 unspecified atom stereocenters. The molecular weight excluding hydrogens is 338 g/mol. The molecular formula is C18H25N3O3S. The molecule has 0 radical (unpaired) electrons. The van der Waals surface area contributed by atoms with Gasteiger partial charge in [-0.05, 0) is 38.2 Å². The largest absolute Gasteiger partial charge is 0.493 e. The van der Waals surface area contributed by atoms with Gasteiger partial charge >= 0.3 is 0 Å². The van der Waals surface area contributed by atoms with Gasteiger partial charge in [0.2, 0.25) is 5.91 Å². The summed E-state index contributed by atoms with van der Waals surface area (Å²) in [7, 11) is 7.23. The smallest absolute Gasteiger partial charge is 0.226 e. The van der Waals surface area contributed by atoms with E-state index in [-0.39, 0.29) is 5.91 Å². The fourth-order valence-electron chi connectivity index (χ4n) is 2.38. The van der Waals surface area contributed by atoms with Crippen molar-refractivity contribution in [2.75, 3.05) is 34.9 Å². The summed E-state index contributed by atoms with van der Waals surface area (Å²) < 4.78 is 10.5. The van der Waals surface area contributed by atoms with Crippen LogP contribution in [0, 0.1) is 0 Å². The van der Waals surface area contributed by atoms with Crippen LogP contribution in [-0.2, 0) is 24.2 Å². The lowest BCUT2D eigenvalue weighted by molar-refractivity contribution is -0.120. The Bertz CT molecular complexity index is 701. The van der Waals surface area contributed by atoms with E-state index in [0.29, 0.717) is 24.5 Å². The van der Waals surface area contributed by atoms with Gasteiger partial charge < -0.3 is 19.7 Å². The van der Waals surface area contributed by atoms with Gasteiger partial charge in [0.25, 0.3) is 0 Å². The van der Waals surface area contributed by atoms with Crippen LogP contribution >= 0.6 is 11.3 Å². The molecule has 1 heterocycles. The molecule has 0 saturated carbocycles. The molecule has 0 saturated heterocycles. The number of ether oxygens (including phenoxy) is 2. The molecule has 0 aliphatic heterocycles. The van der Waals surface area contributed by atoms with Gasteiger partial charge in [0.1, 0.15) is 5.01 Å². The minimum Gasteiger partial charge on any atom is -0.493 e. The van der Waals surface area contributed by atoms with Crippen LogP contribution < -0.4 is 14.8 Å². The van der Waals surface area contributed by atoms with Crippen LogP contribution in [0.3, 0.4) is 0 Å². The fourth-order valence-corrected chi connectivity index (χ4v) is 3.29. The first kappa shape index (κ1) is 19.2. The topological polar surface area (TPSA) is 63.7 Å². The van der Waals surface area contributed by atoms with Crippen molar-refractivity contribution in [2.45, 2.75) is 19.4 Å². The molecule has 136 valence electrons. The molecule has 0 bridgehead atoms. The van der Waals surface area contributed by atoms with Crippen LogP contribution in [0.1, 0.15) is 16.3 Å². The average molecular weight is 363 g/mol. The van der Waals surface area contributed by atoms with E-state index in [1.165, 1.54) is 0 Å². The summed E-state index contributed by atoms with van der Waals surface area (Å²) in [6.45, 7) is 1.37. The van der Waals surface area contributed by atoms with Crippen LogP contribution in [0.4, 0.5) is 0 Å². The number of nitrogens with one attached hydrogen (secondary N) is 1. The van der Waals surface area contributed by atoms with E-state index in [4.69, 9.17) is 9.47 Å². The van der Waals surface area contributed by atoms with Gasteiger partial charge in [0.05, 0.1) is 26.3 Å². The summed E-state index contributed by atoms with van der Waals surface area (Å²) in [5.74, 6) is 1.39. The van der Waals surface area contributed by atoms with Crippen LogP contribution in [0.15, 0.2) is 23.6 Å². The SMILES string of the molecule is COc1ccc(CCNC(=O)Cc2csc(CN(C)C)n2)cc1OC. The molecule has 0 aliphatic rings. The lowest BCUT2D eigenvalue weighted by Gasteiger charge is -2.10. The maximum atomic E-state index is 12.1. The first-order chi connectivity index (χ1) is 12.0. The molecule has 1 aromatic carbocycles. The molecule has 7 heteroatoms. The van der Waals surface area contributed by atoms with Crippen molar-refractivity contribution in [1.29, 1.82) is 0 Å². The molecule has 1 aromatic heterocycles. The molecule has 1 N–H and O–H groups in total. The highest BCUT2D eigenvalue weighted by Crippen LogP contribution is 2.27. The van der Waals surface area contributed by atoms with Crippen molar-refractivity contribution in [2.24, 2.45) is 0 Å². The van der Waals surface area contributed by atoms with Crippen molar-refractivity contribution in [3.8, 4) is 11.5 Å². The standard InChI is InChI=1S/C18H25N3O3S/c1-21(2)11-18-20-14(12-25-18)10-17(22)19-8-7-13-5-6-15(23-3)16(9-13)24-4/h5-6,9,12H,7-8,10-11H2,1-4H3,(H,19,22). The number of aromatic nitrogens is 1. The van der Waals surface area contributed by atoms with E-state index in [1.54, 1.807) is 25.6 Å². The number of benzene rings is 1. The molecule has 0 atom stereocenters. The van der Waals surface area contributed by atoms with Gasteiger partial charge in [0.15, 0.2) is 11.5 Å². The lowest BCUT2D eigenvalue weighted by Crippen LogP contribution is -2.27. The summed E-state index contributed by atoms with van der Waals surface area (Å²) >= 11 is 1.59. The number of carbonyl (C=O) groups excluding carboxylic acids is 1. The van der Waals surface area contributed by atoms with E-state index < -0.39 is 0 Å². The van der Waals surface area contributed by atoms with Gasteiger partial charge in [-0.3, -0.25) is 4.79 Å². The maximum absolute atomic E-state index is 12.1. The van der Waals surface area contributed by atoms with Gasteiger partial charge in [-0.1, -0.05) is 6.07 Å². The maximum Gasteiger partial charge on any atom is 0.226 e. The summed E-state index contributed by atoms with van der Waals surface area (Å²) in [5.41, 5.74) is 1.91. The number of methoxy groups -OCH3 is 2. The van der Waals surface area contributed by atoms with E-state index in [0.717, 1.165) is 29.2 Å². The molecule has 25 heavy (non-hydrogen) atoms. The fraction of sp³-hybridized carbons (Fsp3) is 0.444. The van der Waals surface area contributed by atoms with Crippen molar-refractivity contribution in [3.63, 3.8) is 0 Å². The zero-order valence-corrected chi connectivity index (χ0v) is 16.0. The average Bonchev–Trinajstić information content (AvgIpc) is 3.00. The molecule has 2 aromatic rings. The molecule has 0 spiro atoms. The minimum absolute atomic E-state index is 0.0119. The Kier molecular flexibility index (Phi) is 7.21. The van der Waals surface area contributed by atoms with Crippen LogP contribution in [0.5, 0.6) is 11.5 Å².